The maximum atomic E-state index is 14.1. The molecule has 1 aliphatic heterocycles. The first-order valence-electron chi connectivity index (χ1n) is 9.59. The minimum atomic E-state index is -0.678. The predicted octanol–water partition coefficient (Wildman–Crippen LogP) is 5.94. The molecule has 0 unspecified atom stereocenters. The zero-order valence-electron chi connectivity index (χ0n) is 16.2. The lowest BCUT2D eigenvalue weighted by molar-refractivity contribution is 0.213. The quantitative estimate of drug-likeness (QED) is 0.537. The van der Waals surface area contributed by atoms with E-state index in [0.29, 0.717) is 6.61 Å². The molecule has 0 fully saturated rings. The van der Waals surface area contributed by atoms with E-state index in [1.807, 2.05) is 62.4 Å². The molecule has 0 N–H and O–H groups in total. The molecule has 3 nitrogen and oxygen atoms in total. The summed E-state index contributed by atoms with van der Waals surface area (Å²) in [4.78, 5) is 4.46. The summed E-state index contributed by atoms with van der Waals surface area (Å²) in [6, 6.07) is 19.3. The van der Waals surface area contributed by atoms with Crippen molar-refractivity contribution in [3.05, 3.63) is 89.5 Å². The molecular weight excluding hydrogens is 372 g/mol. The fourth-order valence-corrected chi connectivity index (χ4v) is 3.46. The molecular formula is C24H21F2NO2. The minimum absolute atomic E-state index is 0.00805. The molecule has 0 bridgehead atoms. The van der Waals surface area contributed by atoms with Gasteiger partial charge < -0.3 is 9.47 Å². The first-order valence-corrected chi connectivity index (χ1v) is 9.59. The van der Waals surface area contributed by atoms with Gasteiger partial charge in [-0.25, -0.2) is 13.8 Å². The fourth-order valence-electron chi connectivity index (χ4n) is 3.46. The number of hydrogen-bond donors (Lipinski definition) is 0. The van der Waals surface area contributed by atoms with E-state index in [1.54, 1.807) is 0 Å². The van der Waals surface area contributed by atoms with Crippen LogP contribution in [-0.4, -0.2) is 18.6 Å². The van der Waals surface area contributed by atoms with Crippen molar-refractivity contribution in [3.63, 3.8) is 0 Å². The molecule has 0 saturated heterocycles. The van der Waals surface area contributed by atoms with Crippen molar-refractivity contribution in [1.29, 1.82) is 0 Å². The van der Waals surface area contributed by atoms with Crippen molar-refractivity contribution in [2.24, 2.45) is 4.99 Å². The van der Waals surface area contributed by atoms with Crippen LogP contribution < -0.4 is 4.74 Å². The molecule has 4 rings (SSSR count). The van der Waals surface area contributed by atoms with Crippen LogP contribution in [-0.2, 0) is 4.74 Å². The number of ether oxygens (including phenoxy) is 2. The third kappa shape index (κ3) is 3.86. The second kappa shape index (κ2) is 8.03. The van der Waals surface area contributed by atoms with E-state index < -0.39 is 11.6 Å². The Morgan fingerprint density at radius 3 is 2.07 bits per heavy atom. The van der Waals surface area contributed by atoms with E-state index in [0.717, 1.165) is 22.4 Å². The van der Waals surface area contributed by atoms with Gasteiger partial charge in [0.15, 0.2) is 0 Å². The first kappa shape index (κ1) is 19.1. The van der Waals surface area contributed by atoms with E-state index >= 15 is 0 Å². The van der Waals surface area contributed by atoms with Gasteiger partial charge >= 0.3 is 0 Å². The van der Waals surface area contributed by atoms with Gasteiger partial charge in [-0.15, -0.1) is 0 Å². The zero-order chi connectivity index (χ0) is 20.4. The third-order valence-electron chi connectivity index (χ3n) is 4.93. The Balaban J connectivity index is 1.58. The van der Waals surface area contributed by atoms with Crippen LogP contribution in [0.5, 0.6) is 5.75 Å². The zero-order valence-corrected chi connectivity index (χ0v) is 16.2. The van der Waals surface area contributed by atoms with Crippen LogP contribution in [0.15, 0.2) is 71.7 Å². The van der Waals surface area contributed by atoms with Crippen LogP contribution >= 0.6 is 0 Å². The van der Waals surface area contributed by atoms with Crippen LogP contribution in [0.1, 0.15) is 31.0 Å². The third-order valence-corrected chi connectivity index (χ3v) is 4.93. The van der Waals surface area contributed by atoms with Crippen molar-refractivity contribution < 1.29 is 18.3 Å². The predicted molar refractivity (Wildman–Crippen MR) is 109 cm³/mol. The lowest BCUT2D eigenvalue weighted by Crippen LogP contribution is -2.14. The highest BCUT2D eigenvalue weighted by atomic mass is 19.1. The molecule has 5 heteroatoms. The van der Waals surface area contributed by atoms with E-state index in [2.05, 4.69) is 4.99 Å². The Morgan fingerprint density at radius 1 is 0.897 bits per heavy atom. The van der Waals surface area contributed by atoms with Gasteiger partial charge in [-0.1, -0.05) is 42.5 Å². The number of aliphatic imine (C=N–C) groups is 1. The highest BCUT2D eigenvalue weighted by Crippen LogP contribution is 2.33. The van der Waals surface area contributed by atoms with Crippen molar-refractivity contribution in [2.45, 2.75) is 26.0 Å². The number of benzene rings is 3. The van der Waals surface area contributed by atoms with Gasteiger partial charge in [-0.05, 0) is 54.8 Å². The Kier molecular flexibility index (Phi) is 5.30. The number of rotatable bonds is 5. The number of hydrogen-bond acceptors (Lipinski definition) is 3. The van der Waals surface area contributed by atoms with Gasteiger partial charge in [0.25, 0.3) is 0 Å². The van der Waals surface area contributed by atoms with Gasteiger partial charge in [-0.2, -0.15) is 0 Å². The summed E-state index contributed by atoms with van der Waals surface area (Å²) < 4.78 is 39.3. The van der Waals surface area contributed by atoms with E-state index in [-0.39, 0.29) is 23.6 Å². The molecule has 3 aromatic carbocycles. The average molecular weight is 393 g/mol. The summed E-state index contributed by atoms with van der Waals surface area (Å²) in [7, 11) is 0. The molecule has 0 radical (unpaired) electrons. The lowest BCUT2D eigenvalue weighted by atomic mass is 9.99. The molecule has 0 spiro atoms. The maximum Gasteiger partial charge on any atom is 0.223 e. The Hall–Kier alpha value is -3.21. The van der Waals surface area contributed by atoms with Crippen LogP contribution in [0.3, 0.4) is 0 Å². The highest BCUT2D eigenvalue weighted by molar-refractivity contribution is 5.96. The van der Waals surface area contributed by atoms with Crippen LogP contribution in [0.4, 0.5) is 8.78 Å². The van der Waals surface area contributed by atoms with Crippen LogP contribution in [0.25, 0.3) is 11.1 Å². The van der Waals surface area contributed by atoms with E-state index in [4.69, 9.17) is 9.47 Å². The van der Waals surface area contributed by atoms with E-state index in [1.165, 1.54) is 18.2 Å². The van der Waals surface area contributed by atoms with Crippen LogP contribution in [0, 0.1) is 11.6 Å². The van der Waals surface area contributed by atoms with Crippen molar-refractivity contribution in [2.75, 3.05) is 6.61 Å². The molecule has 0 aliphatic carbocycles. The van der Waals surface area contributed by atoms with Gasteiger partial charge in [0, 0.05) is 0 Å². The number of nitrogens with zero attached hydrogens (tertiary/aromatic N) is 1. The molecule has 3 aromatic rings. The fraction of sp³-hybridized carbons (Fsp3) is 0.208. The molecule has 2 atom stereocenters. The molecule has 0 amide bonds. The Labute approximate surface area is 168 Å². The largest absolute Gasteiger partial charge is 0.494 e. The molecule has 0 saturated carbocycles. The van der Waals surface area contributed by atoms with Gasteiger partial charge in [0.2, 0.25) is 5.90 Å². The average Bonchev–Trinajstić information content (AvgIpc) is 3.10. The number of halogens is 2. The normalized spacial score (nSPS) is 18.3. The summed E-state index contributed by atoms with van der Waals surface area (Å²) in [5, 5.41) is 0. The van der Waals surface area contributed by atoms with Crippen molar-refractivity contribution >= 4 is 5.90 Å². The maximum absolute atomic E-state index is 14.1. The minimum Gasteiger partial charge on any atom is -0.494 e. The molecule has 1 aliphatic rings. The summed E-state index contributed by atoms with van der Waals surface area (Å²) in [5.74, 6) is -0.509. The standard InChI is InChI=1S/C24H21F2NO2/c1-3-28-19-13-11-17(12-14-19)16-7-9-18(10-8-16)23-15(2)29-24(27-23)22-20(25)5-4-6-21(22)26/h4-15,23H,3H2,1-2H3/t15-,23+/m1/s1. The molecule has 0 aromatic heterocycles. The Morgan fingerprint density at radius 2 is 1.48 bits per heavy atom. The molecule has 1 heterocycles. The topological polar surface area (TPSA) is 30.8 Å². The lowest BCUT2D eigenvalue weighted by Gasteiger charge is -2.14. The van der Waals surface area contributed by atoms with Gasteiger partial charge in [0.05, 0.1) is 6.61 Å². The summed E-state index contributed by atoms with van der Waals surface area (Å²) in [5.41, 5.74) is 2.85. The van der Waals surface area contributed by atoms with Gasteiger partial charge in [-0.3, -0.25) is 0 Å². The van der Waals surface area contributed by atoms with Crippen molar-refractivity contribution in [3.8, 4) is 16.9 Å². The van der Waals surface area contributed by atoms with Crippen molar-refractivity contribution in [1.82, 2.24) is 0 Å². The first-order chi connectivity index (χ1) is 14.1. The monoisotopic (exact) mass is 393 g/mol. The second-order valence-electron chi connectivity index (χ2n) is 6.88. The molecule has 148 valence electrons. The smallest absolute Gasteiger partial charge is 0.223 e. The summed E-state index contributed by atoms with van der Waals surface area (Å²) in [6.45, 7) is 4.43. The Bertz CT molecular complexity index is 1010. The van der Waals surface area contributed by atoms with Gasteiger partial charge in [0.1, 0.15) is 35.1 Å². The summed E-state index contributed by atoms with van der Waals surface area (Å²) in [6.07, 6.45) is -0.319. The van der Waals surface area contributed by atoms with Crippen LogP contribution in [0.2, 0.25) is 0 Å². The molecule has 29 heavy (non-hydrogen) atoms. The SMILES string of the molecule is CCOc1ccc(-c2ccc([C@H]3N=C(c4c(F)cccc4F)O[C@@H]3C)cc2)cc1. The highest BCUT2D eigenvalue weighted by Gasteiger charge is 2.32. The summed E-state index contributed by atoms with van der Waals surface area (Å²) >= 11 is 0. The second-order valence-corrected chi connectivity index (χ2v) is 6.88. The van der Waals surface area contributed by atoms with E-state index in [9.17, 15) is 8.78 Å².